The van der Waals surface area contributed by atoms with Gasteiger partial charge in [-0.3, -0.25) is 10.1 Å². The predicted octanol–water partition coefficient (Wildman–Crippen LogP) is 3.19. The minimum absolute atomic E-state index is 0.0339. The Morgan fingerprint density at radius 3 is 2.60 bits per heavy atom. The Balaban J connectivity index is 2.30. The van der Waals surface area contributed by atoms with E-state index in [-0.39, 0.29) is 28.2 Å². The summed E-state index contributed by atoms with van der Waals surface area (Å²) in [6.07, 6.45) is 2.57. The van der Waals surface area contributed by atoms with Gasteiger partial charge in [-0.2, -0.15) is 0 Å². The zero-order valence-electron chi connectivity index (χ0n) is 12.3. The second-order valence-electron chi connectivity index (χ2n) is 5.57. The van der Waals surface area contributed by atoms with Gasteiger partial charge in [-0.15, -0.1) is 0 Å². The summed E-state index contributed by atoms with van der Waals surface area (Å²) in [5.74, 6) is 0.390. The standard InChI is InChI=1S/C15H22N2O3/c1-4-15(5-2)12(16)9-13(15)20-14-10(3)7-6-8-11(14)17(18)19/h6-8,12-13H,4-5,9,16H2,1-3H3. The number of rotatable bonds is 5. The molecule has 2 N–H and O–H groups in total. The Kier molecular flexibility index (Phi) is 3.99. The molecule has 1 aliphatic rings. The molecule has 110 valence electrons. The highest BCUT2D eigenvalue weighted by Gasteiger charge is 2.53. The van der Waals surface area contributed by atoms with Gasteiger partial charge in [-0.05, 0) is 25.3 Å². The molecule has 0 aromatic heterocycles. The number of benzene rings is 1. The molecule has 2 unspecified atom stereocenters. The molecular weight excluding hydrogens is 256 g/mol. The van der Waals surface area contributed by atoms with Crippen LogP contribution in [0.15, 0.2) is 18.2 Å². The van der Waals surface area contributed by atoms with Gasteiger partial charge in [-0.25, -0.2) is 0 Å². The van der Waals surface area contributed by atoms with Crippen molar-refractivity contribution in [3.8, 4) is 5.75 Å². The van der Waals surface area contributed by atoms with Crippen molar-refractivity contribution in [2.75, 3.05) is 0 Å². The van der Waals surface area contributed by atoms with Crippen LogP contribution in [-0.4, -0.2) is 17.1 Å². The number of ether oxygens (including phenoxy) is 1. The van der Waals surface area contributed by atoms with E-state index in [2.05, 4.69) is 13.8 Å². The number of nitrogens with two attached hydrogens (primary N) is 1. The van der Waals surface area contributed by atoms with E-state index in [0.29, 0.717) is 5.75 Å². The fraction of sp³-hybridized carbons (Fsp3) is 0.600. The van der Waals surface area contributed by atoms with Crippen LogP contribution in [0.3, 0.4) is 0 Å². The molecule has 5 nitrogen and oxygen atoms in total. The van der Waals surface area contributed by atoms with Gasteiger partial charge in [0.05, 0.1) is 4.92 Å². The molecule has 1 aliphatic carbocycles. The van der Waals surface area contributed by atoms with Crippen LogP contribution in [0, 0.1) is 22.5 Å². The van der Waals surface area contributed by atoms with E-state index < -0.39 is 0 Å². The van der Waals surface area contributed by atoms with Gasteiger partial charge >= 0.3 is 5.69 Å². The summed E-state index contributed by atoms with van der Waals surface area (Å²) in [5.41, 5.74) is 6.91. The van der Waals surface area contributed by atoms with Crippen LogP contribution in [0.25, 0.3) is 0 Å². The Hall–Kier alpha value is -1.62. The highest BCUT2D eigenvalue weighted by atomic mass is 16.6. The maximum absolute atomic E-state index is 11.1. The number of hydrogen-bond donors (Lipinski definition) is 1. The van der Waals surface area contributed by atoms with Gasteiger partial charge in [0, 0.05) is 23.9 Å². The summed E-state index contributed by atoms with van der Waals surface area (Å²) in [4.78, 5) is 10.7. The lowest BCUT2D eigenvalue weighted by Gasteiger charge is -2.53. The van der Waals surface area contributed by atoms with Crippen LogP contribution in [0.1, 0.15) is 38.7 Å². The lowest BCUT2D eigenvalue weighted by atomic mass is 9.59. The molecule has 0 amide bonds. The summed E-state index contributed by atoms with van der Waals surface area (Å²) in [7, 11) is 0. The molecule has 0 bridgehead atoms. The number of nitro groups is 1. The van der Waals surface area contributed by atoms with Gasteiger partial charge in [0.25, 0.3) is 0 Å². The third-order valence-electron chi connectivity index (χ3n) is 4.81. The lowest BCUT2D eigenvalue weighted by Crippen LogP contribution is -2.63. The van der Waals surface area contributed by atoms with E-state index in [1.807, 2.05) is 13.0 Å². The van der Waals surface area contributed by atoms with Crippen LogP contribution >= 0.6 is 0 Å². The number of nitro benzene ring substituents is 1. The molecule has 1 aromatic carbocycles. The van der Waals surface area contributed by atoms with E-state index in [4.69, 9.17) is 10.5 Å². The van der Waals surface area contributed by atoms with Crippen molar-refractivity contribution in [2.24, 2.45) is 11.1 Å². The van der Waals surface area contributed by atoms with Crippen LogP contribution in [0.4, 0.5) is 5.69 Å². The third kappa shape index (κ3) is 2.16. The molecule has 0 radical (unpaired) electrons. The van der Waals surface area contributed by atoms with E-state index in [0.717, 1.165) is 24.8 Å². The van der Waals surface area contributed by atoms with Gasteiger partial charge < -0.3 is 10.5 Å². The summed E-state index contributed by atoms with van der Waals surface area (Å²) in [6.45, 7) is 6.04. The summed E-state index contributed by atoms with van der Waals surface area (Å²) in [6, 6.07) is 5.12. The fourth-order valence-corrected chi connectivity index (χ4v) is 3.25. The monoisotopic (exact) mass is 278 g/mol. The summed E-state index contributed by atoms with van der Waals surface area (Å²) in [5, 5.41) is 11.1. The Morgan fingerprint density at radius 1 is 1.45 bits per heavy atom. The Bertz CT molecular complexity index is 512. The van der Waals surface area contributed by atoms with Crippen molar-refractivity contribution in [1.29, 1.82) is 0 Å². The predicted molar refractivity (Wildman–Crippen MR) is 77.9 cm³/mol. The maximum atomic E-state index is 11.1. The molecule has 1 aromatic rings. The van der Waals surface area contributed by atoms with Crippen LogP contribution in [-0.2, 0) is 0 Å². The molecule has 0 aliphatic heterocycles. The van der Waals surface area contributed by atoms with E-state index in [9.17, 15) is 10.1 Å². The smallest absolute Gasteiger partial charge is 0.311 e. The zero-order valence-corrected chi connectivity index (χ0v) is 12.3. The first kappa shape index (κ1) is 14.8. The van der Waals surface area contributed by atoms with Crippen molar-refractivity contribution < 1.29 is 9.66 Å². The SMILES string of the molecule is CCC1(CC)C(N)CC1Oc1c(C)cccc1[N+](=O)[O-]. The van der Waals surface area contributed by atoms with E-state index in [1.165, 1.54) is 6.07 Å². The topological polar surface area (TPSA) is 78.4 Å². The first-order valence-electron chi connectivity index (χ1n) is 7.12. The minimum atomic E-state index is -0.388. The molecule has 0 spiro atoms. The average Bonchev–Trinajstić information content (AvgIpc) is 2.41. The molecule has 2 atom stereocenters. The number of nitrogens with zero attached hydrogens (tertiary/aromatic N) is 1. The quantitative estimate of drug-likeness (QED) is 0.662. The molecule has 0 saturated heterocycles. The molecular formula is C15H22N2O3. The Labute approximate surface area is 119 Å². The molecule has 5 heteroatoms. The highest BCUT2D eigenvalue weighted by Crippen LogP contribution is 2.49. The van der Waals surface area contributed by atoms with Crippen molar-refractivity contribution in [1.82, 2.24) is 0 Å². The minimum Gasteiger partial charge on any atom is -0.483 e. The largest absolute Gasteiger partial charge is 0.483 e. The number of hydrogen-bond acceptors (Lipinski definition) is 4. The van der Waals surface area contributed by atoms with Crippen molar-refractivity contribution in [3.05, 3.63) is 33.9 Å². The van der Waals surface area contributed by atoms with Crippen molar-refractivity contribution in [3.63, 3.8) is 0 Å². The normalized spacial score (nSPS) is 24.0. The zero-order chi connectivity index (χ0) is 14.9. The fourth-order valence-electron chi connectivity index (χ4n) is 3.25. The lowest BCUT2D eigenvalue weighted by molar-refractivity contribution is -0.386. The van der Waals surface area contributed by atoms with Crippen LogP contribution in [0.5, 0.6) is 5.75 Å². The van der Waals surface area contributed by atoms with Crippen molar-refractivity contribution in [2.45, 2.75) is 52.2 Å². The van der Waals surface area contributed by atoms with Crippen molar-refractivity contribution >= 4 is 5.69 Å². The average molecular weight is 278 g/mol. The molecule has 0 heterocycles. The summed E-state index contributed by atoms with van der Waals surface area (Å²) >= 11 is 0. The van der Waals surface area contributed by atoms with Gasteiger partial charge in [0.2, 0.25) is 0 Å². The number of para-hydroxylation sites is 1. The molecule has 20 heavy (non-hydrogen) atoms. The van der Waals surface area contributed by atoms with Crippen LogP contribution in [0.2, 0.25) is 0 Å². The highest BCUT2D eigenvalue weighted by molar-refractivity contribution is 5.51. The first-order chi connectivity index (χ1) is 9.46. The second kappa shape index (κ2) is 5.40. The van der Waals surface area contributed by atoms with Gasteiger partial charge in [0.15, 0.2) is 5.75 Å². The molecule has 1 saturated carbocycles. The van der Waals surface area contributed by atoms with E-state index in [1.54, 1.807) is 6.07 Å². The van der Waals surface area contributed by atoms with E-state index >= 15 is 0 Å². The first-order valence-corrected chi connectivity index (χ1v) is 7.12. The van der Waals surface area contributed by atoms with Gasteiger partial charge in [0.1, 0.15) is 6.10 Å². The number of aryl methyl sites for hydroxylation is 1. The van der Waals surface area contributed by atoms with Crippen LogP contribution < -0.4 is 10.5 Å². The second-order valence-corrected chi connectivity index (χ2v) is 5.57. The molecule has 1 fully saturated rings. The maximum Gasteiger partial charge on any atom is 0.311 e. The van der Waals surface area contributed by atoms with Gasteiger partial charge in [-0.1, -0.05) is 26.0 Å². The molecule has 2 rings (SSSR count). The summed E-state index contributed by atoms with van der Waals surface area (Å²) < 4.78 is 6.02. The third-order valence-corrected chi connectivity index (χ3v) is 4.81. The Morgan fingerprint density at radius 2 is 2.10 bits per heavy atom.